The molecule has 1 aliphatic carbocycles. The number of ether oxygens (including phenoxy) is 1. The largest absolute Gasteiger partial charge is 0.465 e. The Kier molecular flexibility index (Phi) is 2.80. The molecule has 0 N–H and O–H groups in total. The summed E-state index contributed by atoms with van der Waals surface area (Å²) in [5.41, 5.74) is 1.82. The summed E-state index contributed by atoms with van der Waals surface area (Å²) in [6.07, 6.45) is 7.00. The number of carbonyl (C=O) groups is 1. The van der Waals surface area contributed by atoms with Crippen molar-refractivity contribution < 1.29 is 9.53 Å². The summed E-state index contributed by atoms with van der Waals surface area (Å²) in [4.78, 5) is 11.4. The molecular weight excluding hydrogens is 190 g/mol. The van der Waals surface area contributed by atoms with Crippen LogP contribution in [0.4, 0.5) is 0 Å². The van der Waals surface area contributed by atoms with Crippen LogP contribution in [-0.2, 0) is 4.74 Å². The quantitative estimate of drug-likeness (QED) is 0.698. The lowest BCUT2D eigenvalue weighted by atomic mass is 10.2. The molecule has 0 atom stereocenters. The molecule has 1 aromatic rings. The Labute approximate surface area is 90.0 Å². The molecule has 3 nitrogen and oxygen atoms in total. The highest BCUT2D eigenvalue weighted by Gasteiger charge is 2.19. The van der Waals surface area contributed by atoms with Crippen LogP contribution < -0.4 is 0 Å². The smallest absolute Gasteiger partial charge is 0.339 e. The topological polar surface area (TPSA) is 31.2 Å². The molecular formula is C12H17NO2. The normalized spacial score (nSPS) is 16.9. The highest BCUT2D eigenvalue weighted by atomic mass is 16.5. The lowest BCUT2D eigenvalue weighted by Crippen LogP contribution is -2.05. The molecule has 0 aromatic carbocycles. The van der Waals surface area contributed by atoms with Crippen LogP contribution in [0, 0.1) is 6.92 Å². The van der Waals surface area contributed by atoms with Crippen molar-refractivity contribution in [1.82, 2.24) is 4.57 Å². The monoisotopic (exact) mass is 207 g/mol. The molecule has 82 valence electrons. The lowest BCUT2D eigenvalue weighted by Gasteiger charge is -2.13. The van der Waals surface area contributed by atoms with Gasteiger partial charge < -0.3 is 9.30 Å². The van der Waals surface area contributed by atoms with Gasteiger partial charge in [-0.05, 0) is 25.8 Å². The van der Waals surface area contributed by atoms with Crippen molar-refractivity contribution in [1.29, 1.82) is 0 Å². The second-order valence-electron chi connectivity index (χ2n) is 4.21. The number of nitrogens with zero attached hydrogens (tertiary/aromatic N) is 1. The minimum atomic E-state index is -0.241. The molecule has 1 aliphatic rings. The molecule has 0 saturated heterocycles. The molecule has 0 spiro atoms. The van der Waals surface area contributed by atoms with Crippen molar-refractivity contribution in [3.05, 3.63) is 23.5 Å². The SMILES string of the molecule is COC(=O)c1cc(C)n(C2CCCC2)c1. The molecule has 0 radical (unpaired) electrons. The van der Waals surface area contributed by atoms with Gasteiger partial charge in [0.2, 0.25) is 0 Å². The lowest BCUT2D eigenvalue weighted by molar-refractivity contribution is 0.0600. The predicted octanol–water partition coefficient (Wildman–Crippen LogP) is 2.70. The second kappa shape index (κ2) is 4.09. The Morgan fingerprint density at radius 2 is 2.13 bits per heavy atom. The van der Waals surface area contributed by atoms with Gasteiger partial charge in [-0.25, -0.2) is 4.79 Å². The van der Waals surface area contributed by atoms with Crippen molar-refractivity contribution in [3.8, 4) is 0 Å². The molecule has 0 bridgehead atoms. The van der Waals surface area contributed by atoms with Crippen molar-refractivity contribution in [2.24, 2.45) is 0 Å². The number of hydrogen-bond donors (Lipinski definition) is 0. The highest BCUT2D eigenvalue weighted by Crippen LogP contribution is 2.31. The average Bonchev–Trinajstić information content (AvgIpc) is 2.84. The molecule has 0 aliphatic heterocycles. The van der Waals surface area contributed by atoms with Crippen molar-refractivity contribution >= 4 is 5.97 Å². The van der Waals surface area contributed by atoms with Gasteiger partial charge >= 0.3 is 5.97 Å². The van der Waals surface area contributed by atoms with Crippen LogP contribution in [-0.4, -0.2) is 17.6 Å². The Hall–Kier alpha value is -1.25. The van der Waals surface area contributed by atoms with E-state index in [9.17, 15) is 4.79 Å². The standard InChI is InChI=1S/C12H17NO2/c1-9-7-10(12(14)15-2)8-13(9)11-5-3-4-6-11/h7-8,11H,3-6H2,1-2H3. The number of rotatable bonds is 2. The molecule has 3 heteroatoms. The van der Waals surface area contributed by atoms with Gasteiger partial charge in [-0.15, -0.1) is 0 Å². The first-order valence-electron chi connectivity index (χ1n) is 5.49. The predicted molar refractivity (Wildman–Crippen MR) is 58.0 cm³/mol. The minimum Gasteiger partial charge on any atom is -0.465 e. The minimum absolute atomic E-state index is 0.241. The Morgan fingerprint density at radius 1 is 1.47 bits per heavy atom. The first-order valence-corrected chi connectivity index (χ1v) is 5.49. The van der Waals surface area contributed by atoms with E-state index >= 15 is 0 Å². The van der Waals surface area contributed by atoms with E-state index < -0.39 is 0 Å². The fourth-order valence-electron chi connectivity index (χ4n) is 2.39. The van der Waals surface area contributed by atoms with E-state index in [0.717, 1.165) is 5.69 Å². The third-order valence-electron chi connectivity index (χ3n) is 3.19. The fraction of sp³-hybridized carbons (Fsp3) is 0.583. The maximum absolute atomic E-state index is 11.4. The van der Waals surface area contributed by atoms with Gasteiger partial charge in [0.1, 0.15) is 0 Å². The third kappa shape index (κ3) is 1.91. The molecule has 1 aromatic heterocycles. The number of methoxy groups -OCH3 is 1. The zero-order valence-corrected chi connectivity index (χ0v) is 9.32. The molecule has 15 heavy (non-hydrogen) atoms. The van der Waals surface area contributed by atoms with E-state index in [2.05, 4.69) is 4.57 Å². The number of esters is 1. The Morgan fingerprint density at radius 3 is 2.73 bits per heavy atom. The summed E-state index contributed by atoms with van der Waals surface area (Å²) >= 11 is 0. The van der Waals surface area contributed by atoms with Gasteiger partial charge in [-0.3, -0.25) is 0 Å². The molecule has 0 amide bonds. The van der Waals surface area contributed by atoms with E-state index in [-0.39, 0.29) is 5.97 Å². The van der Waals surface area contributed by atoms with Crippen LogP contribution in [0.1, 0.15) is 47.8 Å². The number of aromatic nitrogens is 1. The zero-order chi connectivity index (χ0) is 10.8. The van der Waals surface area contributed by atoms with E-state index in [0.29, 0.717) is 11.6 Å². The summed E-state index contributed by atoms with van der Waals surface area (Å²) in [5.74, 6) is -0.241. The molecule has 0 unspecified atom stereocenters. The van der Waals surface area contributed by atoms with E-state index in [4.69, 9.17) is 4.74 Å². The van der Waals surface area contributed by atoms with Gasteiger partial charge in [-0.2, -0.15) is 0 Å². The fourth-order valence-corrected chi connectivity index (χ4v) is 2.39. The summed E-state index contributed by atoms with van der Waals surface area (Å²) in [5, 5.41) is 0. The first-order chi connectivity index (χ1) is 7.22. The zero-order valence-electron chi connectivity index (χ0n) is 9.32. The maximum Gasteiger partial charge on any atom is 0.339 e. The molecule has 2 rings (SSSR count). The number of carbonyl (C=O) groups excluding carboxylic acids is 1. The van der Waals surface area contributed by atoms with E-state index in [1.54, 1.807) is 0 Å². The highest BCUT2D eigenvalue weighted by molar-refractivity contribution is 5.89. The van der Waals surface area contributed by atoms with Crippen LogP contribution in [0.25, 0.3) is 0 Å². The van der Waals surface area contributed by atoms with Gasteiger partial charge in [0, 0.05) is 17.9 Å². The van der Waals surface area contributed by atoms with Crippen LogP contribution in [0.3, 0.4) is 0 Å². The van der Waals surface area contributed by atoms with Crippen molar-refractivity contribution in [3.63, 3.8) is 0 Å². The van der Waals surface area contributed by atoms with Crippen LogP contribution >= 0.6 is 0 Å². The van der Waals surface area contributed by atoms with Crippen LogP contribution in [0.2, 0.25) is 0 Å². The summed E-state index contributed by atoms with van der Waals surface area (Å²) in [6.45, 7) is 2.05. The number of hydrogen-bond acceptors (Lipinski definition) is 2. The Balaban J connectivity index is 2.24. The molecule has 1 saturated carbocycles. The Bertz CT molecular complexity index is 362. The second-order valence-corrected chi connectivity index (χ2v) is 4.21. The van der Waals surface area contributed by atoms with E-state index in [1.165, 1.54) is 32.8 Å². The van der Waals surface area contributed by atoms with Gasteiger partial charge in [0.25, 0.3) is 0 Å². The van der Waals surface area contributed by atoms with Crippen LogP contribution in [0.5, 0.6) is 0 Å². The van der Waals surface area contributed by atoms with Crippen molar-refractivity contribution in [2.45, 2.75) is 38.6 Å². The van der Waals surface area contributed by atoms with Gasteiger partial charge in [-0.1, -0.05) is 12.8 Å². The van der Waals surface area contributed by atoms with Gasteiger partial charge in [0.15, 0.2) is 0 Å². The summed E-state index contributed by atoms with van der Waals surface area (Å²) < 4.78 is 6.94. The average molecular weight is 207 g/mol. The van der Waals surface area contributed by atoms with Crippen LogP contribution in [0.15, 0.2) is 12.3 Å². The number of aryl methyl sites for hydroxylation is 1. The third-order valence-corrected chi connectivity index (χ3v) is 3.19. The van der Waals surface area contributed by atoms with Gasteiger partial charge in [0.05, 0.1) is 12.7 Å². The van der Waals surface area contributed by atoms with E-state index in [1.807, 2.05) is 19.2 Å². The maximum atomic E-state index is 11.4. The molecule has 1 heterocycles. The summed E-state index contributed by atoms with van der Waals surface area (Å²) in [6, 6.07) is 2.49. The summed E-state index contributed by atoms with van der Waals surface area (Å²) in [7, 11) is 1.42. The van der Waals surface area contributed by atoms with Crippen molar-refractivity contribution in [2.75, 3.05) is 7.11 Å². The molecule has 1 fully saturated rings. The first kappa shape index (κ1) is 10.3.